The van der Waals surface area contributed by atoms with E-state index in [0.717, 1.165) is 21.8 Å². The van der Waals surface area contributed by atoms with E-state index in [2.05, 4.69) is 15.6 Å². The van der Waals surface area contributed by atoms with Gasteiger partial charge >= 0.3 is 0 Å². The Bertz CT molecular complexity index is 1190. The van der Waals surface area contributed by atoms with E-state index < -0.39 is 23.5 Å². The van der Waals surface area contributed by atoms with Crippen molar-refractivity contribution in [2.45, 2.75) is 59.3 Å². The van der Waals surface area contributed by atoms with Gasteiger partial charge in [-0.1, -0.05) is 63.7 Å². The average molecular weight is 526 g/mol. The Morgan fingerprint density at radius 2 is 1.81 bits per heavy atom. The van der Waals surface area contributed by atoms with Gasteiger partial charge in [0.1, 0.15) is 30.3 Å². The summed E-state index contributed by atoms with van der Waals surface area (Å²) in [5.41, 5.74) is 1.19. The Kier molecular flexibility index (Phi) is 9.66. The van der Waals surface area contributed by atoms with Crippen molar-refractivity contribution in [1.82, 2.24) is 10.3 Å². The number of hydrogen-bond acceptors (Lipinski definition) is 7. The molecule has 9 heteroatoms. The van der Waals surface area contributed by atoms with Gasteiger partial charge in [0.15, 0.2) is 5.13 Å². The van der Waals surface area contributed by atoms with Gasteiger partial charge in [-0.05, 0) is 42.2 Å². The minimum Gasteiger partial charge on any atom is -0.497 e. The lowest BCUT2D eigenvalue weighted by Gasteiger charge is -2.26. The highest BCUT2D eigenvalue weighted by molar-refractivity contribution is 7.19. The van der Waals surface area contributed by atoms with E-state index in [4.69, 9.17) is 9.47 Å². The molecule has 37 heavy (non-hydrogen) atoms. The molecule has 0 bridgehead atoms. The van der Waals surface area contributed by atoms with E-state index in [1.807, 2.05) is 55.5 Å². The van der Waals surface area contributed by atoms with E-state index in [1.54, 1.807) is 34.1 Å². The number of hydrogen-bond donors (Lipinski definition) is 3. The number of benzene rings is 2. The zero-order valence-corrected chi connectivity index (χ0v) is 22.7. The smallest absolute Gasteiger partial charge is 0.250 e. The first-order valence-electron chi connectivity index (χ1n) is 12.2. The van der Waals surface area contributed by atoms with Crippen molar-refractivity contribution < 1.29 is 24.2 Å². The van der Waals surface area contributed by atoms with Crippen molar-refractivity contribution in [3.05, 3.63) is 60.3 Å². The summed E-state index contributed by atoms with van der Waals surface area (Å²) in [4.78, 5) is 30.7. The zero-order valence-electron chi connectivity index (χ0n) is 21.9. The maximum Gasteiger partial charge on any atom is 0.250 e. The second-order valence-corrected chi connectivity index (χ2v) is 10.8. The fraction of sp³-hybridized carbons (Fsp3) is 0.393. The van der Waals surface area contributed by atoms with Gasteiger partial charge in [-0.25, -0.2) is 4.98 Å². The molecule has 0 aliphatic rings. The number of thiazole rings is 1. The summed E-state index contributed by atoms with van der Waals surface area (Å²) in [6.07, 6.45) is 1.60. The molecule has 0 spiro atoms. The maximum absolute atomic E-state index is 13.0. The number of rotatable bonds is 11. The lowest BCUT2D eigenvalue weighted by atomic mass is 9.88. The first-order chi connectivity index (χ1) is 17.6. The van der Waals surface area contributed by atoms with Crippen molar-refractivity contribution >= 4 is 28.3 Å². The Balaban J connectivity index is 1.75. The number of aromatic nitrogens is 1. The van der Waals surface area contributed by atoms with Gasteiger partial charge in [0.2, 0.25) is 11.8 Å². The summed E-state index contributed by atoms with van der Waals surface area (Å²) in [6.45, 7) is 7.55. The third-order valence-corrected chi connectivity index (χ3v) is 6.68. The van der Waals surface area contributed by atoms with Crippen LogP contribution in [-0.4, -0.2) is 41.2 Å². The molecule has 0 saturated carbocycles. The quantitative estimate of drug-likeness (QED) is 0.324. The van der Waals surface area contributed by atoms with Crippen LogP contribution in [-0.2, 0) is 16.2 Å². The Labute approximate surface area is 222 Å². The van der Waals surface area contributed by atoms with Gasteiger partial charge < -0.3 is 25.2 Å². The molecule has 1 aromatic heterocycles. The van der Waals surface area contributed by atoms with E-state index in [1.165, 1.54) is 11.3 Å². The maximum atomic E-state index is 13.0. The fourth-order valence-electron chi connectivity index (χ4n) is 3.59. The van der Waals surface area contributed by atoms with Crippen molar-refractivity contribution in [3.8, 4) is 21.9 Å². The van der Waals surface area contributed by atoms with Crippen LogP contribution in [0.3, 0.4) is 0 Å². The third-order valence-electron chi connectivity index (χ3n) is 5.73. The molecule has 0 saturated heterocycles. The molecule has 0 fully saturated rings. The monoisotopic (exact) mass is 525 g/mol. The number of carbonyl (C=O) groups excluding carboxylic acids is 2. The van der Waals surface area contributed by atoms with Gasteiger partial charge in [-0.15, -0.1) is 0 Å². The first kappa shape index (κ1) is 28.1. The second-order valence-electron chi connectivity index (χ2n) is 9.76. The van der Waals surface area contributed by atoms with Crippen molar-refractivity contribution in [1.29, 1.82) is 0 Å². The highest BCUT2D eigenvalue weighted by atomic mass is 32.1. The number of amides is 2. The van der Waals surface area contributed by atoms with Crippen LogP contribution in [0.2, 0.25) is 0 Å². The number of nitrogens with one attached hydrogen (secondary N) is 2. The normalized spacial score (nSPS) is 12.9. The van der Waals surface area contributed by atoms with Crippen molar-refractivity contribution in [2.75, 3.05) is 12.4 Å². The van der Waals surface area contributed by atoms with Crippen LogP contribution >= 0.6 is 11.3 Å². The summed E-state index contributed by atoms with van der Waals surface area (Å²) in [5, 5.41) is 16.2. The number of para-hydroxylation sites is 1. The summed E-state index contributed by atoms with van der Waals surface area (Å²) >= 11 is 1.33. The summed E-state index contributed by atoms with van der Waals surface area (Å²) in [5.74, 6) is 0.528. The molecule has 2 atom stereocenters. The Morgan fingerprint density at radius 1 is 1.08 bits per heavy atom. The Morgan fingerprint density at radius 3 is 2.46 bits per heavy atom. The number of ether oxygens (including phenoxy) is 2. The van der Waals surface area contributed by atoms with Crippen molar-refractivity contribution in [2.24, 2.45) is 5.41 Å². The average Bonchev–Trinajstić information content (AvgIpc) is 3.34. The standard InChI is InChI=1S/C28H35N3O5S/c1-6-10-22(30-26(34)24(32)28(2,3)4)25(33)31-27-29-16-23(37-27)21-14-13-20(35-5)15-18(21)17-36-19-11-8-7-9-12-19/h7-9,11-16,22,24,32H,6,10,17H2,1-5H3,(H,30,34)(H,29,31,33)/t22-,24+/m0/s1. The molecule has 3 N–H and O–H groups in total. The van der Waals surface area contributed by atoms with Gasteiger partial charge in [-0.2, -0.15) is 0 Å². The highest BCUT2D eigenvalue weighted by Crippen LogP contribution is 2.34. The molecule has 3 aromatic rings. The summed E-state index contributed by atoms with van der Waals surface area (Å²) < 4.78 is 11.4. The predicted molar refractivity (Wildman–Crippen MR) is 146 cm³/mol. The van der Waals surface area contributed by atoms with Gasteiger partial charge in [0.25, 0.3) is 0 Å². The molecule has 198 valence electrons. The van der Waals surface area contributed by atoms with Crippen LogP contribution in [0.25, 0.3) is 10.4 Å². The first-order valence-corrected chi connectivity index (χ1v) is 13.0. The molecule has 0 unspecified atom stereocenters. The molecular formula is C28H35N3O5S. The highest BCUT2D eigenvalue weighted by Gasteiger charge is 2.32. The minimum atomic E-state index is -1.22. The molecule has 8 nitrogen and oxygen atoms in total. The summed E-state index contributed by atoms with van der Waals surface area (Å²) in [7, 11) is 1.61. The van der Waals surface area contributed by atoms with E-state index in [-0.39, 0.29) is 5.91 Å². The molecule has 2 aromatic carbocycles. The lowest BCUT2D eigenvalue weighted by molar-refractivity contribution is -0.137. The largest absolute Gasteiger partial charge is 0.497 e. The van der Waals surface area contributed by atoms with Gasteiger partial charge in [-0.3, -0.25) is 9.59 Å². The molecule has 0 aliphatic heterocycles. The van der Waals surface area contributed by atoms with Gasteiger partial charge in [0.05, 0.1) is 12.0 Å². The minimum absolute atomic E-state index is 0.330. The number of methoxy groups -OCH3 is 1. The van der Waals surface area contributed by atoms with Crippen LogP contribution in [0, 0.1) is 5.41 Å². The zero-order chi connectivity index (χ0) is 27.0. The number of aliphatic hydroxyl groups is 1. The van der Waals surface area contributed by atoms with Crippen LogP contribution in [0.1, 0.15) is 46.1 Å². The topological polar surface area (TPSA) is 110 Å². The molecule has 0 aliphatic carbocycles. The third kappa shape index (κ3) is 7.77. The molecule has 2 amide bonds. The van der Waals surface area contributed by atoms with Crippen molar-refractivity contribution in [3.63, 3.8) is 0 Å². The van der Waals surface area contributed by atoms with Crippen LogP contribution < -0.4 is 20.1 Å². The second kappa shape index (κ2) is 12.7. The van der Waals surface area contributed by atoms with E-state index in [9.17, 15) is 14.7 Å². The molecular weight excluding hydrogens is 490 g/mol. The number of anilines is 1. The van der Waals surface area contributed by atoms with E-state index in [0.29, 0.717) is 30.3 Å². The summed E-state index contributed by atoms with van der Waals surface area (Å²) in [6, 6.07) is 14.5. The molecule has 3 rings (SSSR count). The SMILES string of the molecule is CCC[C@H](NC(=O)[C@@H](O)C(C)(C)C)C(=O)Nc1ncc(-c2ccc(OC)cc2COc2ccccc2)s1. The van der Waals surface area contributed by atoms with E-state index >= 15 is 0 Å². The van der Waals surface area contributed by atoms with Crippen LogP contribution in [0.15, 0.2) is 54.7 Å². The number of carbonyl (C=O) groups is 2. The van der Waals surface area contributed by atoms with Crippen LogP contribution in [0.4, 0.5) is 5.13 Å². The lowest BCUT2D eigenvalue weighted by Crippen LogP contribution is -2.50. The van der Waals surface area contributed by atoms with Gasteiger partial charge in [0, 0.05) is 17.3 Å². The molecule has 0 radical (unpaired) electrons. The predicted octanol–water partition coefficient (Wildman–Crippen LogP) is 5.03. The molecule has 1 heterocycles. The number of aliphatic hydroxyl groups excluding tert-OH is 1. The fourth-order valence-corrected chi connectivity index (χ4v) is 4.46. The number of nitrogens with zero attached hydrogens (tertiary/aromatic N) is 1. The Hall–Kier alpha value is -3.43. The van der Waals surface area contributed by atoms with Crippen LogP contribution in [0.5, 0.6) is 11.5 Å².